The molecule has 0 aliphatic rings. The maximum absolute atomic E-state index is 11.7. The quantitative estimate of drug-likeness (QED) is 0.540. The molecule has 0 aliphatic carbocycles. The normalized spacial score (nSPS) is 10.9. The molecule has 0 aliphatic heterocycles. The largest absolute Gasteiger partial charge is 0.460 e. The molecule has 0 amide bonds. The van der Waals surface area contributed by atoms with Crippen LogP contribution in [0.3, 0.4) is 0 Å². The molecule has 0 saturated carbocycles. The van der Waals surface area contributed by atoms with E-state index in [0.717, 1.165) is 26.0 Å². The number of carbonyl (C=O) groups is 1. The van der Waals surface area contributed by atoms with Gasteiger partial charge in [0.25, 0.3) is 0 Å². The van der Waals surface area contributed by atoms with Crippen LogP contribution in [0.4, 0.5) is 0 Å². The van der Waals surface area contributed by atoms with E-state index in [9.17, 15) is 4.79 Å². The predicted octanol–water partition coefficient (Wildman–Crippen LogP) is 5.62. The number of carbonyl (C=O) groups excluding carboxylic acids is 1. The van der Waals surface area contributed by atoms with Crippen LogP contribution in [0.15, 0.2) is 51.4 Å². The van der Waals surface area contributed by atoms with Gasteiger partial charge in [-0.05, 0) is 60.9 Å². The second kappa shape index (κ2) is 6.77. The van der Waals surface area contributed by atoms with Crippen molar-refractivity contribution in [3.63, 3.8) is 0 Å². The number of fused-ring (bicyclic) bond motifs is 1. The Balaban J connectivity index is 1.90. The molecule has 0 spiro atoms. The molecule has 1 aromatic heterocycles. The minimum atomic E-state index is -0.444. The fraction of sp³-hybridized carbons (Fsp3) is 0.167. The lowest BCUT2D eigenvalue weighted by Gasteiger charge is -2.05. The van der Waals surface area contributed by atoms with Gasteiger partial charge in [0.2, 0.25) is 5.76 Å². The highest BCUT2D eigenvalue weighted by Crippen LogP contribution is 2.26. The Bertz CT molecular complexity index is 870. The van der Waals surface area contributed by atoms with E-state index in [1.165, 1.54) is 0 Å². The van der Waals surface area contributed by atoms with Gasteiger partial charge in [-0.15, -0.1) is 0 Å². The second-order valence-corrected chi connectivity index (χ2v) is 6.44. The van der Waals surface area contributed by atoms with Gasteiger partial charge in [0.05, 0.1) is 6.61 Å². The van der Waals surface area contributed by atoms with Crippen LogP contribution in [0.2, 0.25) is 5.02 Å². The van der Waals surface area contributed by atoms with Crippen LogP contribution in [-0.2, 0) is 11.2 Å². The molecule has 1 heterocycles. The summed E-state index contributed by atoms with van der Waals surface area (Å²) in [5, 5.41) is 1.60. The van der Waals surface area contributed by atoms with Gasteiger partial charge in [-0.3, -0.25) is 0 Å². The Kier molecular flexibility index (Phi) is 4.74. The molecule has 3 nitrogen and oxygen atoms in total. The van der Waals surface area contributed by atoms with E-state index in [2.05, 4.69) is 15.9 Å². The molecular weight excluding hydrogens is 380 g/mol. The van der Waals surface area contributed by atoms with Crippen LogP contribution in [0.25, 0.3) is 11.0 Å². The van der Waals surface area contributed by atoms with Gasteiger partial charge in [-0.2, -0.15) is 0 Å². The fourth-order valence-corrected chi connectivity index (χ4v) is 3.00. The molecule has 0 radical (unpaired) electrons. The number of hydrogen-bond donors (Lipinski definition) is 0. The minimum Gasteiger partial charge on any atom is -0.460 e. The maximum Gasteiger partial charge on any atom is 0.374 e. The molecule has 5 heteroatoms. The highest BCUT2D eigenvalue weighted by molar-refractivity contribution is 9.10. The Hall–Kier alpha value is -1.78. The van der Waals surface area contributed by atoms with Crippen molar-refractivity contribution in [3.8, 4) is 0 Å². The molecule has 0 N–H and O–H groups in total. The van der Waals surface area contributed by atoms with Crippen molar-refractivity contribution in [2.75, 3.05) is 6.61 Å². The summed E-state index contributed by atoms with van der Waals surface area (Å²) in [5.74, 6) is -0.222. The number of hydrogen-bond acceptors (Lipinski definition) is 3. The summed E-state index contributed by atoms with van der Waals surface area (Å²) in [6.45, 7) is 2.09. The first-order chi connectivity index (χ1) is 11.1. The number of halogens is 2. The third kappa shape index (κ3) is 3.59. The fourth-order valence-electron chi connectivity index (χ4n) is 2.40. The standard InChI is InChI=1S/C18H14BrClO3/c1-2-22-18(21)17-10-13-8-11(3-6-16(13)23-17)7-12-9-14(19)4-5-15(12)20/h3-6,8-10H,2,7H2,1H3. The zero-order chi connectivity index (χ0) is 16.4. The van der Waals surface area contributed by atoms with Crippen LogP contribution in [-0.4, -0.2) is 12.6 Å². The van der Waals surface area contributed by atoms with E-state index >= 15 is 0 Å². The molecule has 0 unspecified atom stereocenters. The number of benzene rings is 2. The summed E-state index contributed by atoms with van der Waals surface area (Å²) in [6, 6.07) is 13.3. The third-order valence-electron chi connectivity index (χ3n) is 3.46. The molecule has 3 aromatic rings. The minimum absolute atomic E-state index is 0.222. The average Bonchev–Trinajstić information content (AvgIpc) is 2.94. The average molecular weight is 394 g/mol. The van der Waals surface area contributed by atoms with E-state index in [1.54, 1.807) is 13.0 Å². The summed E-state index contributed by atoms with van der Waals surface area (Å²) < 4.78 is 11.5. The first kappa shape index (κ1) is 16.1. The SMILES string of the molecule is CCOC(=O)c1cc2cc(Cc3cc(Br)ccc3Cl)ccc2o1. The van der Waals surface area contributed by atoms with Gasteiger partial charge >= 0.3 is 5.97 Å². The van der Waals surface area contributed by atoms with Gasteiger partial charge < -0.3 is 9.15 Å². The monoisotopic (exact) mass is 392 g/mol. The van der Waals surface area contributed by atoms with Gasteiger partial charge in [0.15, 0.2) is 0 Å². The Morgan fingerprint density at radius 3 is 2.83 bits per heavy atom. The second-order valence-electron chi connectivity index (χ2n) is 5.12. The van der Waals surface area contributed by atoms with Crippen LogP contribution in [0, 0.1) is 0 Å². The van der Waals surface area contributed by atoms with Crippen LogP contribution in [0.5, 0.6) is 0 Å². The molecule has 118 valence electrons. The zero-order valence-electron chi connectivity index (χ0n) is 12.4. The molecule has 0 fully saturated rings. The van der Waals surface area contributed by atoms with Crippen LogP contribution < -0.4 is 0 Å². The van der Waals surface area contributed by atoms with Gasteiger partial charge in [0, 0.05) is 14.9 Å². The highest BCUT2D eigenvalue weighted by Gasteiger charge is 2.13. The van der Waals surface area contributed by atoms with Crippen molar-refractivity contribution in [3.05, 3.63) is 68.8 Å². The Morgan fingerprint density at radius 2 is 2.04 bits per heavy atom. The van der Waals surface area contributed by atoms with Crippen LogP contribution >= 0.6 is 27.5 Å². The summed E-state index contributed by atoms with van der Waals surface area (Å²) in [5.41, 5.74) is 2.79. The number of esters is 1. The highest BCUT2D eigenvalue weighted by atomic mass is 79.9. The maximum atomic E-state index is 11.7. The smallest absolute Gasteiger partial charge is 0.374 e. The predicted molar refractivity (Wildman–Crippen MR) is 94.1 cm³/mol. The summed E-state index contributed by atoms with van der Waals surface area (Å²) in [6.07, 6.45) is 0.703. The van der Waals surface area contributed by atoms with E-state index < -0.39 is 5.97 Å². The van der Waals surface area contributed by atoms with Crippen molar-refractivity contribution in [2.24, 2.45) is 0 Å². The zero-order valence-corrected chi connectivity index (χ0v) is 14.8. The topological polar surface area (TPSA) is 39.4 Å². The van der Waals surface area contributed by atoms with E-state index in [1.807, 2.05) is 36.4 Å². The number of ether oxygens (including phenoxy) is 1. The van der Waals surface area contributed by atoms with Crippen molar-refractivity contribution < 1.29 is 13.9 Å². The van der Waals surface area contributed by atoms with Crippen molar-refractivity contribution in [1.29, 1.82) is 0 Å². The molecule has 0 atom stereocenters. The van der Waals surface area contributed by atoms with Crippen molar-refractivity contribution in [1.82, 2.24) is 0 Å². The van der Waals surface area contributed by atoms with Crippen molar-refractivity contribution in [2.45, 2.75) is 13.3 Å². The first-order valence-electron chi connectivity index (χ1n) is 7.20. The molecule has 2 aromatic carbocycles. The Labute approximate surface area is 147 Å². The number of furan rings is 1. The molecule has 23 heavy (non-hydrogen) atoms. The van der Waals surface area contributed by atoms with Crippen molar-refractivity contribution >= 4 is 44.5 Å². The molecule has 3 rings (SSSR count). The summed E-state index contributed by atoms with van der Waals surface area (Å²) in [4.78, 5) is 11.7. The molecular formula is C18H14BrClO3. The molecule has 0 saturated heterocycles. The van der Waals surface area contributed by atoms with Gasteiger partial charge in [-0.1, -0.05) is 33.6 Å². The Morgan fingerprint density at radius 1 is 1.22 bits per heavy atom. The first-order valence-corrected chi connectivity index (χ1v) is 8.37. The van der Waals surface area contributed by atoms with E-state index in [0.29, 0.717) is 18.6 Å². The van der Waals surface area contributed by atoms with Gasteiger partial charge in [0.1, 0.15) is 5.58 Å². The third-order valence-corrected chi connectivity index (χ3v) is 4.32. The van der Waals surface area contributed by atoms with Gasteiger partial charge in [-0.25, -0.2) is 4.79 Å². The number of rotatable bonds is 4. The van der Waals surface area contributed by atoms with E-state index in [4.69, 9.17) is 20.8 Å². The summed E-state index contributed by atoms with van der Waals surface area (Å²) in [7, 11) is 0. The van der Waals surface area contributed by atoms with E-state index in [-0.39, 0.29) is 5.76 Å². The van der Waals surface area contributed by atoms with Crippen LogP contribution in [0.1, 0.15) is 28.6 Å². The lowest BCUT2D eigenvalue weighted by Crippen LogP contribution is -2.02. The molecule has 0 bridgehead atoms. The lowest BCUT2D eigenvalue weighted by atomic mass is 10.0. The lowest BCUT2D eigenvalue weighted by molar-refractivity contribution is 0.0492. The summed E-state index contributed by atoms with van der Waals surface area (Å²) >= 11 is 9.70.